The van der Waals surface area contributed by atoms with Crippen LogP contribution in [0.5, 0.6) is 0 Å². The van der Waals surface area contributed by atoms with Gasteiger partial charge in [0.15, 0.2) is 0 Å². The number of benzene rings is 3. The normalized spacial score (nSPS) is 14.9. The zero-order chi connectivity index (χ0) is 17.2. The molecule has 122 valence electrons. The number of rotatable bonds is 5. The van der Waals surface area contributed by atoms with Gasteiger partial charge in [-0.25, -0.2) is 0 Å². The van der Waals surface area contributed by atoms with Crippen LogP contribution in [-0.4, -0.2) is 22.1 Å². The maximum atomic E-state index is 12.8. The Labute approximate surface area is 139 Å². The summed E-state index contributed by atoms with van der Waals surface area (Å²) in [7, 11) is -3.81. The molecule has 0 aliphatic rings. The van der Waals surface area contributed by atoms with Gasteiger partial charge >= 0.3 is 5.97 Å². The van der Waals surface area contributed by atoms with Crippen LogP contribution in [0.25, 0.3) is 10.8 Å². The molecule has 3 aromatic rings. The van der Waals surface area contributed by atoms with E-state index >= 15 is 0 Å². The van der Waals surface area contributed by atoms with Crippen molar-refractivity contribution in [3.05, 3.63) is 78.4 Å². The Kier molecular flexibility index (Phi) is 4.52. The number of hydrogen-bond acceptors (Lipinski definition) is 2. The van der Waals surface area contributed by atoms with Crippen molar-refractivity contribution < 1.29 is 19.4 Å². The number of carbonyl (C=O) groups is 1. The highest BCUT2D eigenvalue weighted by molar-refractivity contribution is 7.66. The van der Waals surface area contributed by atoms with Gasteiger partial charge in [0, 0.05) is 11.5 Å². The van der Waals surface area contributed by atoms with Gasteiger partial charge in [-0.05, 0) is 28.5 Å². The Bertz CT molecular complexity index is 921. The molecule has 5 heteroatoms. The Hall–Kier alpha value is -2.42. The number of carboxylic acid groups (broad SMARTS) is 1. The van der Waals surface area contributed by atoms with Crippen molar-refractivity contribution in [2.24, 2.45) is 0 Å². The lowest BCUT2D eigenvalue weighted by molar-refractivity contribution is -0.138. The molecule has 2 unspecified atom stereocenters. The van der Waals surface area contributed by atoms with Gasteiger partial charge < -0.3 is 10.00 Å². The van der Waals surface area contributed by atoms with E-state index in [1.54, 1.807) is 48.5 Å². The summed E-state index contributed by atoms with van der Waals surface area (Å²) in [6.07, 6.45) is -0.329. The van der Waals surface area contributed by atoms with Crippen molar-refractivity contribution >= 4 is 29.4 Å². The van der Waals surface area contributed by atoms with Crippen molar-refractivity contribution in [2.75, 3.05) is 6.16 Å². The lowest BCUT2D eigenvalue weighted by Crippen LogP contribution is -2.19. The fourth-order valence-corrected chi connectivity index (χ4v) is 4.48. The fraction of sp³-hybridized carbons (Fsp3) is 0.105. The van der Waals surface area contributed by atoms with Gasteiger partial charge in [0.2, 0.25) is 7.37 Å². The van der Waals surface area contributed by atoms with Gasteiger partial charge in [-0.2, -0.15) is 0 Å². The monoisotopic (exact) mass is 340 g/mol. The highest BCUT2D eigenvalue weighted by Gasteiger charge is 2.31. The Balaban J connectivity index is 1.96. The second-order valence-corrected chi connectivity index (χ2v) is 8.00. The molecule has 0 heterocycles. The van der Waals surface area contributed by atoms with Gasteiger partial charge in [0.25, 0.3) is 0 Å². The second-order valence-electron chi connectivity index (χ2n) is 5.72. The van der Waals surface area contributed by atoms with E-state index in [2.05, 4.69) is 0 Å². The Morgan fingerprint density at radius 2 is 1.54 bits per heavy atom. The maximum Gasteiger partial charge on any atom is 0.311 e. The van der Waals surface area contributed by atoms with Gasteiger partial charge in [-0.1, -0.05) is 60.7 Å². The molecule has 0 saturated carbocycles. The highest BCUT2D eigenvalue weighted by Crippen LogP contribution is 2.44. The Morgan fingerprint density at radius 3 is 2.21 bits per heavy atom. The van der Waals surface area contributed by atoms with Crippen LogP contribution in [0.1, 0.15) is 11.5 Å². The van der Waals surface area contributed by atoms with E-state index in [0.29, 0.717) is 5.56 Å². The van der Waals surface area contributed by atoms with Crippen LogP contribution in [0.2, 0.25) is 0 Å². The molecule has 3 rings (SSSR count). The third kappa shape index (κ3) is 3.40. The molecule has 0 spiro atoms. The van der Waals surface area contributed by atoms with Gasteiger partial charge in [-0.3, -0.25) is 9.36 Å². The number of carboxylic acids is 1. The molecule has 0 aliphatic heterocycles. The van der Waals surface area contributed by atoms with Crippen molar-refractivity contribution in [3.8, 4) is 0 Å². The maximum absolute atomic E-state index is 12.8. The summed E-state index contributed by atoms with van der Waals surface area (Å²) in [6, 6.07) is 21.2. The summed E-state index contributed by atoms with van der Waals surface area (Å²) in [5.74, 6) is -2.12. The molecule has 0 fully saturated rings. The molecular formula is C19H17O4P. The van der Waals surface area contributed by atoms with E-state index in [1.807, 2.05) is 24.3 Å². The first-order valence-corrected chi connectivity index (χ1v) is 9.41. The highest BCUT2D eigenvalue weighted by atomic mass is 31.2. The van der Waals surface area contributed by atoms with Crippen LogP contribution in [-0.2, 0) is 9.36 Å². The van der Waals surface area contributed by atoms with E-state index in [1.165, 1.54) is 0 Å². The minimum atomic E-state index is -3.81. The van der Waals surface area contributed by atoms with Crippen LogP contribution < -0.4 is 5.30 Å². The molecule has 4 nitrogen and oxygen atoms in total. The summed E-state index contributed by atoms with van der Waals surface area (Å²) in [5, 5.41) is 11.6. The van der Waals surface area contributed by atoms with Crippen LogP contribution in [0.3, 0.4) is 0 Å². The SMILES string of the molecule is O=C(O)C(CP(=O)(O)c1ccc2ccccc2c1)c1ccccc1. The summed E-state index contributed by atoms with van der Waals surface area (Å²) >= 11 is 0. The molecule has 3 aromatic carbocycles. The number of fused-ring (bicyclic) bond motifs is 1. The first-order valence-electron chi connectivity index (χ1n) is 7.56. The van der Waals surface area contributed by atoms with Crippen LogP contribution in [0.4, 0.5) is 0 Å². The smallest absolute Gasteiger partial charge is 0.311 e. The number of hydrogen-bond donors (Lipinski definition) is 2. The molecular weight excluding hydrogens is 323 g/mol. The minimum absolute atomic E-state index is 0.281. The summed E-state index contributed by atoms with van der Waals surface area (Å²) in [6.45, 7) is 0. The van der Waals surface area contributed by atoms with Crippen molar-refractivity contribution in [3.63, 3.8) is 0 Å². The van der Waals surface area contributed by atoms with E-state index in [-0.39, 0.29) is 11.5 Å². The topological polar surface area (TPSA) is 74.6 Å². The molecule has 0 bridgehead atoms. The van der Waals surface area contributed by atoms with E-state index in [0.717, 1.165) is 10.8 Å². The van der Waals surface area contributed by atoms with Crippen molar-refractivity contribution in [1.82, 2.24) is 0 Å². The first-order chi connectivity index (χ1) is 11.5. The van der Waals surface area contributed by atoms with Gasteiger partial charge in [0.05, 0.1) is 5.92 Å². The minimum Gasteiger partial charge on any atom is -0.481 e. The average Bonchev–Trinajstić information content (AvgIpc) is 2.60. The van der Waals surface area contributed by atoms with Crippen LogP contribution >= 0.6 is 7.37 Å². The molecule has 0 radical (unpaired) electrons. The zero-order valence-electron chi connectivity index (χ0n) is 12.9. The quantitative estimate of drug-likeness (QED) is 0.696. The molecule has 0 amide bonds. The van der Waals surface area contributed by atoms with Crippen molar-refractivity contribution in [2.45, 2.75) is 5.92 Å². The molecule has 24 heavy (non-hydrogen) atoms. The van der Waals surface area contributed by atoms with E-state index < -0.39 is 19.3 Å². The largest absolute Gasteiger partial charge is 0.481 e. The summed E-state index contributed by atoms with van der Waals surface area (Å²) in [4.78, 5) is 22.1. The molecule has 2 atom stereocenters. The van der Waals surface area contributed by atoms with E-state index in [4.69, 9.17) is 0 Å². The molecule has 0 aromatic heterocycles. The number of aliphatic carboxylic acids is 1. The second kappa shape index (κ2) is 6.60. The predicted molar refractivity (Wildman–Crippen MR) is 95.1 cm³/mol. The first kappa shape index (κ1) is 16.4. The average molecular weight is 340 g/mol. The van der Waals surface area contributed by atoms with Crippen LogP contribution in [0, 0.1) is 0 Å². The summed E-state index contributed by atoms with van der Waals surface area (Å²) in [5.41, 5.74) is 0.528. The summed E-state index contributed by atoms with van der Waals surface area (Å²) < 4.78 is 12.8. The third-order valence-electron chi connectivity index (χ3n) is 4.07. The molecule has 0 saturated heterocycles. The lowest BCUT2D eigenvalue weighted by atomic mass is 10.0. The van der Waals surface area contributed by atoms with E-state index in [9.17, 15) is 19.4 Å². The third-order valence-corrected chi connectivity index (χ3v) is 6.01. The standard InChI is InChI=1S/C19H17O4P/c20-19(21)18(15-7-2-1-3-8-15)13-24(22,23)17-11-10-14-6-4-5-9-16(14)12-17/h1-12,18H,13H2,(H,20,21)(H,22,23). The predicted octanol–water partition coefficient (Wildman–Crippen LogP) is 3.60. The van der Waals surface area contributed by atoms with Crippen molar-refractivity contribution in [1.29, 1.82) is 0 Å². The van der Waals surface area contributed by atoms with Gasteiger partial charge in [-0.15, -0.1) is 0 Å². The zero-order valence-corrected chi connectivity index (χ0v) is 13.8. The van der Waals surface area contributed by atoms with Gasteiger partial charge in [0.1, 0.15) is 0 Å². The lowest BCUT2D eigenvalue weighted by Gasteiger charge is -2.18. The fourth-order valence-electron chi connectivity index (χ4n) is 2.76. The van der Waals surface area contributed by atoms with Crippen LogP contribution in [0.15, 0.2) is 72.8 Å². The Morgan fingerprint density at radius 1 is 0.917 bits per heavy atom. The molecule has 0 aliphatic carbocycles. The molecule has 2 N–H and O–H groups in total.